The molecular formula is C17H29NO. The average molecular weight is 263 g/mol. The van der Waals surface area contributed by atoms with Gasteiger partial charge in [-0.15, -0.1) is 0 Å². The van der Waals surface area contributed by atoms with Crippen LogP contribution in [0.15, 0.2) is 24.3 Å². The molecule has 0 spiro atoms. The molecule has 1 aromatic carbocycles. The van der Waals surface area contributed by atoms with Crippen LogP contribution in [0.5, 0.6) is 0 Å². The minimum Gasteiger partial charge on any atom is -0.377 e. The highest BCUT2D eigenvalue weighted by molar-refractivity contribution is 5.21. The van der Waals surface area contributed by atoms with E-state index >= 15 is 0 Å². The molecule has 0 atom stereocenters. The van der Waals surface area contributed by atoms with Gasteiger partial charge in [0.05, 0.1) is 6.61 Å². The number of benzene rings is 1. The smallest absolute Gasteiger partial charge is 0.0716 e. The van der Waals surface area contributed by atoms with Crippen molar-refractivity contribution in [1.29, 1.82) is 0 Å². The largest absolute Gasteiger partial charge is 0.377 e. The summed E-state index contributed by atoms with van der Waals surface area (Å²) in [5.74, 6) is 0. The van der Waals surface area contributed by atoms with E-state index in [4.69, 9.17) is 4.74 Å². The molecule has 1 aromatic rings. The Kier molecular flexibility index (Phi) is 8.52. The lowest BCUT2D eigenvalue weighted by atomic mass is 10.1. The maximum Gasteiger partial charge on any atom is 0.0716 e. The normalized spacial score (nSPS) is 11.2. The lowest BCUT2D eigenvalue weighted by Crippen LogP contribution is -2.21. The second-order valence-corrected chi connectivity index (χ2v) is 5.47. The summed E-state index contributed by atoms with van der Waals surface area (Å²) >= 11 is 0. The van der Waals surface area contributed by atoms with Gasteiger partial charge in [-0.25, -0.2) is 0 Å². The van der Waals surface area contributed by atoms with Crippen LogP contribution in [0.4, 0.5) is 0 Å². The first-order valence-corrected chi connectivity index (χ1v) is 7.61. The maximum atomic E-state index is 5.69. The standard InChI is InChI=1S/C17H29NO/c1-4-5-6-7-12-19-14-17-10-8-16(9-11-17)13-18-15(2)3/h8-11,15,18H,4-7,12-14H2,1-3H3. The molecule has 0 fully saturated rings. The Hall–Kier alpha value is -0.860. The van der Waals surface area contributed by atoms with Crippen LogP contribution >= 0.6 is 0 Å². The van der Waals surface area contributed by atoms with E-state index < -0.39 is 0 Å². The van der Waals surface area contributed by atoms with E-state index in [0.717, 1.165) is 19.8 Å². The zero-order valence-corrected chi connectivity index (χ0v) is 12.7. The van der Waals surface area contributed by atoms with E-state index in [2.05, 4.69) is 50.4 Å². The lowest BCUT2D eigenvalue weighted by Gasteiger charge is -2.09. The number of rotatable bonds is 10. The van der Waals surface area contributed by atoms with Gasteiger partial charge >= 0.3 is 0 Å². The summed E-state index contributed by atoms with van der Waals surface area (Å²) in [7, 11) is 0. The van der Waals surface area contributed by atoms with Gasteiger partial charge in [-0.1, -0.05) is 64.3 Å². The number of hydrogen-bond acceptors (Lipinski definition) is 2. The monoisotopic (exact) mass is 263 g/mol. The zero-order valence-electron chi connectivity index (χ0n) is 12.7. The molecule has 2 nitrogen and oxygen atoms in total. The summed E-state index contributed by atoms with van der Waals surface area (Å²) in [6.45, 7) is 9.13. The molecule has 0 aliphatic heterocycles. The first kappa shape index (κ1) is 16.2. The highest BCUT2D eigenvalue weighted by Gasteiger charge is 1.97. The molecule has 2 heteroatoms. The SMILES string of the molecule is CCCCCCOCc1ccc(CNC(C)C)cc1. The highest BCUT2D eigenvalue weighted by Crippen LogP contribution is 2.07. The van der Waals surface area contributed by atoms with Crippen LogP contribution in [0.3, 0.4) is 0 Å². The van der Waals surface area contributed by atoms with E-state index in [9.17, 15) is 0 Å². The quantitative estimate of drug-likeness (QED) is 0.636. The van der Waals surface area contributed by atoms with Crippen molar-refractivity contribution in [3.8, 4) is 0 Å². The predicted molar refractivity (Wildman–Crippen MR) is 82.2 cm³/mol. The number of hydrogen-bond donors (Lipinski definition) is 1. The molecule has 0 aliphatic carbocycles. The average Bonchev–Trinajstić information content (AvgIpc) is 2.41. The third kappa shape index (κ3) is 8.02. The Morgan fingerprint density at radius 2 is 1.68 bits per heavy atom. The molecule has 0 unspecified atom stereocenters. The highest BCUT2D eigenvalue weighted by atomic mass is 16.5. The molecule has 0 saturated heterocycles. The fourth-order valence-electron chi connectivity index (χ4n) is 1.90. The summed E-state index contributed by atoms with van der Waals surface area (Å²) in [6.07, 6.45) is 5.08. The lowest BCUT2D eigenvalue weighted by molar-refractivity contribution is 0.117. The van der Waals surface area contributed by atoms with E-state index in [0.29, 0.717) is 6.04 Å². The van der Waals surface area contributed by atoms with E-state index in [1.54, 1.807) is 0 Å². The molecule has 19 heavy (non-hydrogen) atoms. The summed E-state index contributed by atoms with van der Waals surface area (Å²) in [6, 6.07) is 9.24. The molecule has 0 aromatic heterocycles. The Balaban J connectivity index is 2.17. The van der Waals surface area contributed by atoms with Crippen molar-refractivity contribution in [2.24, 2.45) is 0 Å². The van der Waals surface area contributed by atoms with Gasteiger partial charge in [0.1, 0.15) is 0 Å². The summed E-state index contributed by atoms with van der Waals surface area (Å²) < 4.78 is 5.69. The van der Waals surface area contributed by atoms with Gasteiger partial charge < -0.3 is 10.1 Å². The number of ether oxygens (including phenoxy) is 1. The van der Waals surface area contributed by atoms with Crippen LogP contribution in [0.2, 0.25) is 0 Å². The second kappa shape index (κ2) is 9.99. The van der Waals surface area contributed by atoms with Gasteiger partial charge in [-0.05, 0) is 17.5 Å². The molecule has 1 N–H and O–H groups in total. The summed E-state index contributed by atoms with van der Waals surface area (Å²) in [5.41, 5.74) is 2.60. The first-order chi connectivity index (χ1) is 9.22. The van der Waals surface area contributed by atoms with Crippen LogP contribution in [0.1, 0.15) is 57.6 Å². The van der Waals surface area contributed by atoms with Gasteiger partial charge in [-0.3, -0.25) is 0 Å². The third-order valence-electron chi connectivity index (χ3n) is 3.15. The predicted octanol–water partition coefficient (Wildman–Crippen LogP) is 4.28. The van der Waals surface area contributed by atoms with Gasteiger partial charge in [0, 0.05) is 19.2 Å². The van der Waals surface area contributed by atoms with Crippen molar-refractivity contribution in [2.45, 2.75) is 65.6 Å². The molecule has 1 rings (SSSR count). The van der Waals surface area contributed by atoms with Crippen LogP contribution < -0.4 is 5.32 Å². The fraction of sp³-hybridized carbons (Fsp3) is 0.647. The van der Waals surface area contributed by atoms with Gasteiger partial charge in [-0.2, -0.15) is 0 Å². The van der Waals surface area contributed by atoms with Gasteiger partial charge in [0.2, 0.25) is 0 Å². The zero-order chi connectivity index (χ0) is 13.9. The van der Waals surface area contributed by atoms with Crippen molar-refractivity contribution in [1.82, 2.24) is 5.32 Å². The van der Waals surface area contributed by atoms with Crippen LogP contribution in [0, 0.1) is 0 Å². The Morgan fingerprint density at radius 1 is 1.00 bits per heavy atom. The van der Waals surface area contributed by atoms with Crippen LogP contribution in [-0.2, 0) is 17.9 Å². The van der Waals surface area contributed by atoms with Crippen molar-refractivity contribution in [3.63, 3.8) is 0 Å². The van der Waals surface area contributed by atoms with E-state index in [1.807, 2.05) is 0 Å². The van der Waals surface area contributed by atoms with Crippen molar-refractivity contribution >= 4 is 0 Å². The minimum atomic E-state index is 0.533. The summed E-state index contributed by atoms with van der Waals surface area (Å²) in [4.78, 5) is 0. The Labute approximate surface area is 118 Å². The molecule has 0 bridgehead atoms. The topological polar surface area (TPSA) is 21.3 Å². The fourth-order valence-corrected chi connectivity index (χ4v) is 1.90. The van der Waals surface area contributed by atoms with Gasteiger partial charge in [0.25, 0.3) is 0 Å². The van der Waals surface area contributed by atoms with Crippen LogP contribution in [-0.4, -0.2) is 12.6 Å². The van der Waals surface area contributed by atoms with Gasteiger partial charge in [0.15, 0.2) is 0 Å². The molecule has 0 amide bonds. The number of unbranched alkanes of at least 4 members (excludes halogenated alkanes) is 3. The Bertz CT molecular complexity index is 319. The van der Waals surface area contributed by atoms with Crippen molar-refractivity contribution < 1.29 is 4.74 Å². The van der Waals surface area contributed by atoms with Crippen molar-refractivity contribution in [3.05, 3.63) is 35.4 Å². The second-order valence-electron chi connectivity index (χ2n) is 5.47. The van der Waals surface area contributed by atoms with E-state index in [-0.39, 0.29) is 0 Å². The molecule has 0 heterocycles. The molecule has 108 valence electrons. The molecule has 0 aliphatic rings. The molecular weight excluding hydrogens is 234 g/mol. The maximum absolute atomic E-state index is 5.69. The Morgan fingerprint density at radius 3 is 2.32 bits per heavy atom. The first-order valence-electron chi connectivity index (χ1n) is 7.61. The number of nitrogens with one attached hydrogen (secondary N) is 1. The van der Waals surface area contributed by atoms with Crippen LogP contribution in [0.25, 0.3) is 0 Å². The molecule has 0 saturated carbocycles. The third-order valence-corrected chi connectivity index (χ3v) is 3.15. The summed E-state index contributed by atoms with van der Waals surface area (Å²) in [5, 5.41) is 3.42. The van der Waals surface area contributed by atoms with E-state index in [1.165, 1.54) is 36.8 Å². The minimum absolute atomic E-state index is 0.533. The molecule has 0 radical (unpaired) electrons. The van der Waals surface area contributed by atoms with Crippen molar-refractivity contribution in [2.75, 3.05) is 6.61 Å².